The van der Waals surface area contributed by atoms with Gasteiger partial charge in [0.05, 0.1) is 11.4 Å². The lowest BCUT2D eigenvalue weighted by Gasteiger charge is -2.39. The summed E-state index contributed by atoms with van der Waals surface area (Å²) >= 11 is 0. The second kappa shape index (κ2) is 7.16. The van der Waals surface area contributed by atoms with Crippen molar-refractivity contribution in [2.24, 2.45) is 5.92 Å². The van der Waals surface area contributed by atoms with E-state index in [1.54, 1.807) is 4.31 Å². The van der Waals surface area contributed by atoms with Crippen molar-refractivity contribution < 1.29 is 8.42 Å². The zero-order valence-electron chi connectivity index (χ0n) is 16.9. The molecule has 0 N–H and O–H groups in total. The molecule has 6 heteroatoms. The molecule has 1 saturated heterocycles. The van der Waals surface area contributed by atoms with E-state index in [4.69, 9.17) is 0 Å². The summed E-state index contributed by atoms with van der Waals surface area (Å²) in [6.45, 7) is 8.98. The normalized spacial score (nSPS) is 20.6. The Morgan fingerprint density at radius 2 is 1.79 bits per heavy atom. The van der Waals surface area contributed by atoms with Crippen molar-refractivity contribution in [1.29, 1.82) is 0 Å². The van der Waals surface area contributed by atoms with Crippen LogP contribution in [0.2, 0.25) is 0 Å². The van der Waals surface area contributed by atoms with Crippen LogP contribution in [0.3, 0.4) is 0 Å². The molecule has 0 amide bonds. The van der Waals surface area contributed by atoms with Crippen LogP contribution in [0.25, 0.3) is 0 Å². The lowest BCUT2D eigenvalue weighted by Crippen LogP contribution is -2.48. The van der Waals surface area contributed by atoms with Gasteiger partial charge in [-0.25, -0.2) is 8.42 Å². The van der Waals surface area contributed by atoms with Gasteiger partial charge in [0.2, 0.25) is 10.0 Å². The molecular formula is C22H29N3O2S. The third kappa shape index (κ3) is 3.12. The molecule has 0 saturated carbocycles. The van der Waals surface area contributed by atoms with Gasteiger partial charge >= 0.3 is 0 Å². The van der Waals surface area contributed by atoms with Crippen LogP contribution in [0, 0.1) is 12.8 Å². The number of hydrogen-bond acceptors (Lipinski definition) is 4. The van der Waals surface area contributed by atoms with Crippen LogP contribution < -0.4 is 4.31 Å². The van der Waals surface area contributed by atoms with E-state index in [9.17, 15) is 8.42 Å². The fourth-order valence-electron chi connectivity index (χ4n) is 4.60. The Morgan fingerprint density at radius 3 is 2.46 bits per heavy atom. The molecule has 5 nitrogen and oxygen atoms in total. The Hall–Kier alpha value is -1.92. The predicted octanol–water partition coefficient (Wildman–Crippen LogP) is 3.69. The number of rotatable bonds is 4. The number of sulfonamides is 1. The number of piperidine rings is 1. The first-order chi connectivity index (χ1) is 13.3. The van der Waals surface area contributed by atoms with Crippen LogP contribution in [0.1, 0.15) is 43.6 Å². The molecule has 1 aromatic heterocycles. The number of hydrogen-bond donors (Lipinski definition) is 0. The van der Waals surface area contributed by atoms with Gasteiger partial charge in [0.1, 0.15) is 4.75 Å². The van der Waals surface area contributed by atoms with E-state index < -0.39 is 14.8 Å². The number of aryl methyl sites for hydroxylation is 1. The number of aromatic nitrogens is 1. The highest BCUT2D eigenvalue weighted by Gasteiger charge is 2.56. The smallest absolute Gasteiger partial charge is 0.245 e. The highest BCUT2D eigenvalue weighted by molar-refractivity contribution is 7.94. The Labute approximate surface area is 168 Å². The summed E-state index contributed by atoms with van der Waals surface area (Å²) in [4.78, 5) is 6.93. The summed E-state index contributed by atoms with van der Waals surface area (Å²) in [5.41, 5.74) is 3.93. The highest BCUT2D eigenvalue weighted by atomic mass is 32.2. The first-order valence-electron chi connectivity index (χ1n) is 10.1. The second-order valence-corrected chi connectivity index (χ2v) is 10.7. The van der Waals surface area contributed by atoms with Gasteiger partial charge in [-0.2, -0.15) is 0 Å². The minimum absolute atomic E-state index is 0.283. The van der Waals surface area contributed by atoms with Crippen molar-refractivity contribution in [2.75, 3.05) is 23.9 Å². The van der Waals surface area contributed by atoms with Crippen LogP contribution in [0.15, 0.2) is 42.5 Å². The zero-order chi connectivity index (χ0) is 19.9. The Balaban J connectivity index is 1.60. The molecule has 3 heterocycles. The van der Waals surface area contributed by atoms with Crippen molar-refractivity contribution in [2.45, 2.75) is 44.9 Å². The first kappa shape index (κ1) is 19.4. The van der Waals surface area contributed by atoms with Gasteiger partial charge in [0.25, 0.3) is 0 Å². The lowest BCUT2D eigenvalue weighted by atomic mass is 9.87. The quantitative estimate of drug-likeness (QED) is 0.787. The number of fused-ring (bicyclic) bond motifs is 2. The Morgan fingerprint density at radius 1 is 1.07 bits per heavy atom. The number of para-hydroxylation sites is 1. The van der Waals surface area contributed by atoms with E-state index >= 15 is 0 Å². The van der Waals surface area contributed by atoms with Gasteiger partial charge in [-0.3, -0.25) is 14.2 Å². The molecule has 1 spiro atoms. The molecule has 4 rings (SSSR count). The van der Waals surface area contributed by atoms with Crippen LogP contribution in [-0.2, 0) is 21.3 Å². The molecule has 0 unspecified atom stereocenters. The third-order valence-electron chi connectivity index (χ3n) is 5.97. The lowest BCUT2D eigenvalue weighted by molar-refractivity contribution is 0.187. The molecule has 1 aromatic carbocycles. The summed E-state index contributed by atoms with van der Waals surface area (Å²) in [6, 6.07) is 14.0. The minimum atomic E-state index is -3.42. The topological polar surface area (TPSA) is 53.5 Å². The van der Waals surface area contributed by atoms with E-state index in [1.165, 1.54) is 0 Å². The zero-order valence-corrected chi connectivity index (χ0v) is 17.7. The van der Waals surface area contributed by atoms with Gasteiger partial charge in [0, 0.05) is 31.9 Å². The minimum Gasteiger partial charge on any atom is -0.297 e. The maximum absolute atomic E-state index is 13.7. The molecule has 2 aromatic rings. The molecule has 0 atom stereocenters. The van der Waals surface area contributed by atoms with Crippen molar-refractivity contribution in [3.8, 4) is 0 Å². The second-order valence-electron chi connectivity index (χ2n) is 8.49. The maximum Gasteiger partial charge on any atom is 0.245 e. The monoisotopic (exact) mass is 399 g/mol. The van der Waals surface area contributed by atoms with E-state index in [1.807, 2.05) is 49.4 Å². The number of nitrogens with zero attached hydrogens (tertiary/aromatic N) is 3. The summed E-state index contributed by atoms with van der Waals surface area (Å²) in [5.74, 6) is 0.283. The molecule has 28 heavy (non-hydrogen) atoms. The van der Waals surface area contributed by atoms with E-state index in [-0.39, 0.29) is 5.92 Å². The van der Waals surface area contributed by atoms with Crippen LogP contribution >= 0.6 is 0 Å². The molecular weight excluding hydrogens is 370 g/mol. The Bertz CT molecular complexity index is 963. The SMILES string of the molecule is Cc1cccc(CN2CCC3(CC2)c2ccccc2N(CC(C)C)S3(=O)=O)n1. The number of pyridine rings is 1. The largest absolute Gasteiger partial charge is 0.297 e. The third-order valence-corrected chi connectivity index (χ3v) is 8.52. The Kier molecular flexibility index (Phi) is 4.96. The standard InChI is InChI=1S/C22H29N3O2S/c1-17(2)15-25-21-10-5-4-9-20(21)22(28(25,26)27)11-13-24(14-12-22)16-19-8-6-7-18(3)23-19/h4-10,17H,11-16H2,1-3H3. The van der Waals surface area contributed by atoms with Gasteiger partial charge in [-0.1, -0.05) is 38.1 Å². The molecule has 0 radical (unpaired) electrons. The number of anilines is 1. The predicted molar refractivity (Wildman–Crippen MR) is 113 cm³/mol. The number of benzene rings is 1. The van der Waals surface area contributed by atoms with Gasteiger partial charge in [-0.05, 0) is 49.4 Å². The summed E-state index contributed by atoms with van der Waals surface area (Å²) in [5, 5.41) is 0. The van der Waals surface area contributed by atoms with Crippen molar-refractivity contribution in [3.63, 3.8) is 0 Å². The fourth-order valence-corrected chi connectivity index (χ4v) is 7.08. The average molecular weight is 400 g/mol. The first-order valence-corrected chi connectivity index (χ1v) is 11.5. The average Bonchev–Trinajstić information content (AvgIpc) is 2.82. The molecule has 2 aliphatic heterocycles. The van der Waals surface area contributed by atoms with Gasteiger partial charge < -0.3 is 0 Å². The molecule has 2 aliphatic rings. The van der Waals surface area contributed by atoms with Gasteiger partial charge in [0.15, 0.2) is 0 Å². The van der Waals surface area contributed by atoms with Crippen molar-refractivity contribution in [1.82, 2.24) is 9.88 Å². The summed E-state index contributed by atoms with van der Waals surface area (Å²) < 4.78 is 28.2. The van der Waals surface area contributed by atoms with Crippen LogP contribution in [0.4, 0.5) is 5.69 Å². The molecule has 0 bridgehead atoms. The molecule has 150 valence electrons. The summed E-state index contributed by atoms with van der Waals surface area (Å²) in [6.07, 6.45) is 1.26. The van der Waals surface area contributed by atoms with Gasteiger partial charge in [-0.15, -0.1) is 0 Å². The van der Waals surface area contributed by atoms with Crippen molar-refractivity contribution >= 4 is 15.7 Å². The summed E-state index contributed by atoms with van der Waals surface area (Å²) in [7, 11) is -3.42. The van der Waals surface area contributed by atoms with E-state index in [2.05, 4.69) is 23.7 Å². The fraction of sp³-hybridized carbons (Fsp3) is 0.500. The van der Waals surface area contributed by atoms with E-state index in [0.717, 1.165) is 42.3 Å². The molecule has 0 aliphatic carbocycles. The van der Waals surface area contributed by atoms with E-state index in [0.29, 0.717) is 19.4 Å². The van der Waals surface area contributed by atoms with Crippen LogP contribution in [-0.4, -0.2) is 37.9 Å². The number of likely N-dealkylation sites (tertiary alicyclic amines) is 1. The van der Waals surface area contributed by atoms with Crippen molar-refractivity contribution in [3.05, 3.63) is 59.4 Å². The highest BCUT2D eigenvalue weighted by Crippen LogP contribution is 2.52. The maximum atomic E-state index is 13.7. The van der Waals surface area contributed by atoms with Crippen LogP contribution in [0.5, 0.6) is 0 Å². The molecule has 1 fully saturated rings.